The molecule has 0 radical (unpaired) electrons. The third-order valence-corrected chi connectivity index (χ3v) is 6.94. The first kappa shape index (κ1) is 27.4. The molecule has 5 nitrogen and oxygen atoms in total. The molecule has 5 rings (SSSR count). The van der Waals surface area contributed by atoms with E-state index in [2.05, 4.69) is 5.32 Å². The first-order chi connectivity index (χ1) is 19.9. The Labute approximate surface area is 241 Å². The zero-order chi connectivity index (χ0) is 28.8. The molecule has 0 saturated heterocycles. The Morgan fingerprint density at radius 1 is 0.732 bits per heavy atom. The van der Waals surface area contributed by atoms with E-state index in [1.54, 1.807) is 36.2 Å². The minimum absolute atomic E-state index is 0.180. The van der Waals surface area contributed by atoms with Crippen LogP contribution in [0.3, 0.4) is 0 Å². The fraction of sp³-hybridized carbons (Fsp3) is 0.111. The van der Waals surface area contributed by atoms with Crippen molar-refractivity contribution in [1.29, 1.82) is 0 Å². The molecule has 1 N–H and O–H groups in total. The number of amides is 2. The van der Waals surface area contributed by atoms with Crippen LogP contribution in [-0.2, 0) is 6.61 Å². The second kappa shape index (κ2) is 12.3. The quantitative estimate of drug-likeness (QED) is 0.216. The molecule has 0 fully saturated rings. The van der Waals surface area contributed by atoms with Crippen molar-refractivity contribution in [3.05, 3.63) is 149 Å². The Morgan fingerprint density at radius 2 is 1.39 bits per heavy atom. The Hall–Kier alpha value is -5.16. The lowest BCUT2D eigenvalue weighted by Crippen LogP contribution is -2.26. The van der Waals surface area contributed by atoms with E-state index in [1.165, 1.54) is 0 Å². The summed E-state index contributed by atoms with van der Waals surface area (Å²) in [7, 11) is 1.74. The molecule has 0 atom stereocenters. The van der Waals surface area contributed by atoms with Crippen molar-refractivity contribution in [3.8, 4) is 16.9 Å². The van der Waals surface area contributed by atoms with E-state index in [0.29, 0.717) is 34.9 Å². The summed E-state index contributed by atoms with van der Waals surface area (Å²) >= 11 is 0. The number of carbonyl (C=O) groups is 2. The van der Waals surface area contributed by atoms with Crippen LogP contribution in [0.4, 0.5) is 11.4 Å². The highest BCUT2D eigenvalue weighted by Crippen LogP contribution is 2.31. The van der Waals surface area contributed by atoms with E-state index in [4.69, 9.17) is 4.74 Å². The molecule has 0 saturated carbocycles. The van der Waals surface area contributed by atoms with Crippen molar-refractivity contribution in [1.82, 2.24) is 0 Å². The van der Waals surface area contributed by atoms with Gasteiger partial charge in [-0.1, -0.05) is 84.4 Å². The SMILES string of the molecule is Cc1ccc(-c2ccccc2C(=O)Nc2ccc(C(=O)N(C)c3ccc(C)cc3OCc3ccccc3)cc2)cc1. The van der Waals surface area contributed by atoms with Gasteiger partial charge in [-0.3, -0.25) is 9.59 Å². The van der Waals surface area contributed by atoms with Crippen LogP contribution >= 0.6 is 0 Å². The number of hydrogen-bond donors (Lipinski definition) is 1. The summed E-state index contributed by atoms with van der Waals surface area (Å²) < 4.78 is 6.12. The standard InChI is InChI=1S/C36H32N2O3/c1-25-13-16-28(17-14-25)31-11-7-8-12-32(31)35(39)37-30-20-18-29(19-21-30)36(40)38(3)33-22-15-26(2)23-34(33)41-24-27-9-5-4-6-10-27/h4-23H,24H2,1-3H3,(H,37,39). The maximum Gasteiger partial charge on any atom is 0.258 e. The number of nitrogens with zero attached hydrogens (tertiary/aromatic N) is 1. The van der Waals surface area contributed by atoms with Gasteiger partial charge in [-0.2, -0.15) is 0 Å². The number of hydrogen-bond acceptors (Lipinski definition) is 3. The van der Waals surface area contributed by atoms with E-state index >= 15 is 0 Å². The van der Waals surface area contributed by atoms with Gasteiger partial charge >= 0.3 is 0 Å². The molecule has 5 aromatic carbocycles. The van der Waals surface area contributed by atoms with Crippen LogP contribution in [-0.4, -0.2) is 18.9 Å². The van der Waals surface area contributed by atoms with Crippen molar-refractivity contribution < 1.29 is 14.3 Å². The Morgan fingerprint density at radius 3 is 2.12 bits per heavy atom. The molecule has 0 bridgehead atoms. The summed E-state index contributed by atoms with van der Waals surface area (Å²) in [5, 5.41) is 2.97. The van der Waals surface area contributed by atoms with Gasteiger partial charge in [0.2, 0.25) is 0 Å². The maximum atomic E-state index is 13.4. The topological polar surface area (TPSA) is 58.6 Å². The number of anilines is 2. The molecule has 0 unspecified atom stereocenters. The van der Waals surface area contributed by atoms with E-state index < -0.39 is 0 Å². The van der Waals surface area contributed by atoms with Gasteiger partial charge in [0.15, 0.2) is 0 Å². The number of aryl methyl sites for hydroxylation is 2. The van der Waals surface area contributed by atoms with Gasteiger partial charge in [0.05, 0.1) is 5.69 Å². The zero-order valence-electron chi connectivity index (χ0n) is 23.4. The smallest absolute Gasteiger partial charge is 0.258 e. The Balaban J connectivity index is 1.30. The molecule has 0 aliphatic rings. The minimum Gasteiger partial charge on any atom is -0.487 e. The van der Waals surface area contributed by atoms with Crippen molar-refractivity contribution in [2.75, 3.05) is 17.3 Å². The first-order valence-corrected chi connectivity index (χ1v) is 13.5. The van der Waals surface area contributed by atoms with Gasteiger partial charge in [-0.25, -0.2) is 0 Å². The predicted molar refractivity (Wildman–Crippen MR) is 166 cm³/mol. The maximum absolute atomic E-state index is 13.4. The Kier molecular flexibility index (Phi) is 8.26. The average Bonchev–Trinajstić information content (AvgIpc) is 3.00. The second-order valence-corrected chi connectivity index (χ2v) is 10.1. The van der Waals surface area contributed by atoms with Crippen molar-refractivity contribution in [2.45, 2.75) is 20.5 Å². The van der Waals surface area contributed by atoms with Crippen LogP contribution in [0.15, 0.2) is 121 Å². The minimum atomic E-state index is -0.211. The molecule has 5 aromatic rings. The molecular formula is C36H32N2O3. The highest BCUT2D eigenvalue weighted by Gasteiger charge is 2.18. The van der Waals surface area contributed by atoms with Crippen LogP contribution in [0.25, 0.3) is 11.1 Å². The Bertz CT molecular complexity index is 1660. The predicted octanol–water partition coefficient (Wildman–Crippen LogP) is 8.08. The summed E-state index contributed by atoms with van der Waals surface area (Å²) in [4.78, 5) is 28.2. The number of carbonyl (C=O) groups excluding carboxylic acids is 2. The molecule has 2 amide bonds. The van der Waals surface area contributed by atoms with Gasteiger partial charge in [-0.15, -0.1) is 0 Å². The van der Waals surface area contributed by atoms with Crippen LogP contribution in [0.1, 0.15) is 37.4 Å². The first-order valence-electron chi connectivity index (χ1n) is 13.5. The summed E-state index contributed by atoms with van der Waals surface area (Å²) in [6, 6.07) is 38.3. The van der Waals surface area contributed by atoms with E-state index in [9.17, 15) is 9.59 Å². The molecule has 0 aromatic heterocycles. The third kappa shape index (κ3) is 6.53. The fourth-order valence-electron chi connectivity index (χ4n) is 4.61. The second-order valence-electron chi connectivity index (χ2n) is 10.1. The summed E-state index contributed by atoms with van der Waals surface area (Å²) in [5.74, 6) is 0.249. The zero-order valence-corrected chi connectivity index (χ0v) is 23.4. The lowest BCUT2D eigenvalue weighted by atomic mass is 9.98. The van der Waals surface area contributed by atoms with Crippen LogP contribution in [0, 0.1) is 13.8 Å². The number of ether oxygens (including phenoxy) is 1. The summed E-state index contributed by atoms with van der Waals surface area (Å²) in [5.41, 5.74) is 7.47. The van der Waals surface area contributed by atoms with Gasteiger partial charge in [-0.05, 0) is 78.6 Å². The lowest BCUT2D eigenvalue weighted by molar-refractivity contribution is 0.0990. The molecular weight excluding hydrogens is 508 g/mol. The number of benzene rings is 5. The molecule has 204 valence electrons. The highest BCUT2D eigenvalue weighted by molar-refractivity contribution is 6.09. The molecule has 0 spiro atoms. The highest BCUT2D eigenvalue weighted by atomic mass is 16.5. The van der Waals surface area contributed by atoms with Crippen molar-refractivity contribution >= 4 is 23.2 Å². The average molecular weight is 541 g/mol. The van der Waals surface area contributed by atoms with Crippen molar-refractivity contribution in [2.24, 2.45) is 0 Å². The third-order valence-electron chi connectivity index (χ3n) is 6.94. The lowest BCUT2D eigenvalue weighted by Gasteiger charge is -2.21. The summed E-state index contributed by atoms with van der Waals surface area (Å²) in [6.45, 7) is 4.43. The molecule has 0 heterocycles. The molecule has 0 aliphatic carbocycles. The van der Waals surface area contributed by atoms with E-state index in [1.807, 2.05) is 111 Å². The molecule has 41 heavy (non-hydrogen) atoms. The monoisotopic (exact) mass is 540 g/mol. The van der Waals surface area contributed by atoms with E-state index in [-0.39, 0.29) is 11.8 Å². The van der Waals surface area contributed by atoms with Gasteiger partial charge < -0.3 is 15.0 Å². The van der Waals surface area contributed by atoms with Crippen LogP contribution in [0.2, 0.25) is 0 Å². The number of nitrogens with one attached hydrogen (secondary N) is 1. The molecule has 0 aliphatic heterocycles. The van der Waals surface area contributed by atoms with Gasteiger partial charge in [0.1, 0.15) is 12.4 Å². The van der Waals surface area contributed by atoms with Crippen molar-refractivity contribution in [3.63, 3.8) is 0 Å². The fourth-order valence-corrected chi connectivity index (χ4v) is 4.61. The molecule has 5 heteroatoms. The van der Waals surface area contributed by atoms with Gasteiger partial charge in [0, 0.05) is 23.9 Å². The van der Waals surface area contributed by atoms with Crippen LogP contribution < -0.4 is 15.0 Å². The summed E-state index contributed by atoms with van der Waals surface area (Å²) in [6.07, 6.45) is 0. The normalized spacial score (nSPS) is 10.6. The van der Waals surface area contributed by atoms with E-state index in [0.717, 1.165) is 27.8 Å². The number of rotatable bonds is 8. The largest absolute Gasteiger partial charge is 0.487 e. The van der Waals surface area contributed by atoms with Gasteiger partial charge in [0.25, 0.3) is 11.8 Å². The van der Waals surface area contributed by atoms with Crippen LogP contribution in [0.5, 0.6) is 5.75 Å².